The minimum absolute atomic E-state index is 0.153. The number of benzene rings is 3. The molecule has 0 aromatic heterocycles. The fourth-order valence-electron chi connectivity index (χ4n) is 4.53. The van der Waals surface area contributed by atoms with Crippen molar-refractivity contribution in [3.63, 3.8) is 0 Å². The largest absolute Gasteiger partial charge is 0.487 e. The number of amides is 2. The number of hydrogen-bond donors (Lipinski definition) is 2. The molecule has 174 valence electrons. The summed E-state index contributed by atoms with van der Waals surface area (Å²) in [6, 6.07) is 19.6. The summed E-state index contributed by atoms with van der Waals surface area (Å²) in [4.78, 5) is 24.9. The van der Waals surface area contributed by atoms with E-state index in [2.05, 4.69) is 10.6 Å². The molecule has 0 bridgehead atoms. The Hall–Kier alpha value is -3.65. The highest BCUT2D eigenvalue weighted by Crippen LogP contribution is 2.39. The number of ether oxygens (including phenoxy) is 1. The van der Waals surface area contributed by atoms with Crippen molar-refractivity contribution in [1.29, 1.82) is 0 Å². The quantitative estimate of drug-likeness (QED) is 0.570. The van der Waals surface area contributed by atoms with Gasteiger partial charge in [-0.05, 0) is 34.9 Å². The summed E-state index contributed by atoms with van der Waals surface area (Å²) in [5.74, 6) is 0.448. The van der Waals surface area contributed by atoms with Crippen LogP contribution in [0.2, 0.25) is 0 Å². The van der Waals surface area contributed by atoms with Gasteiger partial charge in [-0.15, -0.1) is 0 Å². The smallest absolute Gasteiger partial charge is 0.252 e. The lowest BCUT2D eigenvalue weighted by atomic mass is 10.0. The summed E-state index contributed by atoms with van der Waals surface area (Å²) < 4.78 is 29.7. The third-order valence-electron chi connectivity index (χ3n) is 6.22. The van der Waals surface area contributed by atoms with Crippen molar-refractivity contribution in [2.75, 3.05) is 12.8 Å². The molecule has 0 saturated heterocycles. The second-order valence-electron chi connectivity index (χ2n) is 8.66. The first-order valence-electron chi connectivity index (χ1n) is 11.0. The van der Waals surface area contributed by atoms with Crippen LogP contribution in [0.15, 0.2) is 71.6 Å². The van der Waals surface area contributed by atoms with E-state index in [9.17, 15) is 18.0 Å². The van der Waals surface area contributed by atoms with Gasteiger partial charge >= 0.3 is 0 Å². The fourth-order valence-corrected chi connectivity index (χ4v) is 5.16. The zero-order chi connectivity index (χ0) is 23.9. The maximum absolute atomic E-state index is 12.6. The lowest BCUT2D eigenvalue weighted by Crippen LogP contribution is -2.36. The SMILES string of the molecule is CS(=O)(=O)c1ccc(-c2cccc3c2O[C@H](CNC(=O)C[C@H]2NC(=O)c4ccccc42)C3)cc1. The van der Waals surface area contributed by atoms with Gasteiger partial charge in [0.2, 0.25) is 5.91 Å². The second-order valence-corrected chi connectivity index (χ2v) is 10.7. The van der Waals surface area contributed by atoms with E-state index < -0.39 is 9.84 Å². The molecule has 2 atom stereocenters. The van der Waals surface area contributed by atoms with Crippen molar-refractivity contribution in [3.8, 4) is 16.9 Å². The Morgan fingerprint density at radius 3 is 2.53 bits per heavy atom. The standard InChI is InChI=1S/C26H24N2O5S/c1-34(31,32)19-11-9-16(10-12-19)20-8-4-5-17-13-18(33-25(17)20)15-27-24(29)14-23-21-6-2-3-7-22(21)26(30)28-23/h2-12,18,23H,13-15H2,1H3,(H,27,29)(H,28,30)/t18-,23+/m0/s1. The topological polar surface area (TPSA) is 102 Å². The summed E-state index contributed by atoms with van der Waals surface area (Å²) >= 11 is 0. The monoisotopic (exact) mass is 476 g/mol. The average Bonchev–Trinajstić information content (AvgIpc) is 3.38. The Labute approximate surface area is 198 Å². The number of para-hydroxylation sites is 1. The molecule has 2 amide bonds. The molecule has 2 aliphatic heterocycles. The van der Waals surface area contributed by atoms with E-state index in [1.54, 1.807) is 30.3 Å². The number of carbonyl (C=O) groups is 2. The predicted molar refractivity (Wildman–Crippen MR) is 127 cm³/mol. The number of sulfone groups is 1. The van der Waals surface area contributed by atoms with Crippen molar-refractivity contribution < 1.29 is 22.7 Å². The summed E-state index contributed by atoms with van der Waals surface area (Å²) in [6.45, 7) is 0.349. The van der Waals surface area contributed by atoms with Crippen LogP contribution in [0.1, 0.15) is 33.9 Å². The summed E-state index contributed by atoms with van der Waals surface area (Å²) in [7, 11) is -3.26. The van der Waals surface area contributed by atoms with Gasteiger partial charge in [0, 0.05) is 23.8 Å². The molecule has 3 aromatic rings. The number of fused-ring (bicyclic) bond motifs is 2. The van der Waals surface area contributed by atoms with Gasteiger partial charge in [0.25, 0.3) is 5.91 Å². The van der Waals surface area contributed by atoms with Crippen LogP contribution in [-0.4, -0.2) is 39.1 Å². The zero-order valence-corrected chi connectivity index (χ0v) is 19.4. The highest BCUT2D eigenvalue weighted by molar-refractivity contribution is 7.90. The van der Waals surface area contributed by atoms with Gasteiger partial charge < -0.3 is 15.4 Å². The summed E-state index contributed by atoms with van der Waals surface area (Å²) in [5, 5.41) is 5.80. The number of rotatable bonds is 6. The molecule has 3 aromatic carbocycles. The minimum Gasteiger partial charge on any atom is -0.487 e. The van der Waals surface area contributed by atoms with Crippen molar-refractivity contribution >= 4 is 21.7 Å². The molecule has 0 spiro atoms. The van der Waals surface area contributed by atoms with Crippen LogP contribution in [-0.2, 0) is 21.1 Å². The van der Waals surface area contributed by atoms with Crippen LogP contribution in [0.25, 0.3) is 11.1 Å². The van der Waals surface area contributed by atoms with Gasteiger partial charge in [-0.2, -0.15) is 0 Å². The normalized spacial score (nSPS) is 18.6. The zero-order valence-electron chi connectivity index (χ0n) is 18.6. The van der Waals surface area contributed by atoms with E-state index in [4.69, 9.17) is 4.74 Å². The average molecular weight is 477 g/mol. The van der Waals surface area contributed by atoms with Crippen LogP contribution in [0.5, 0.6) is 5.75 Å². The minimum atomic E-state index is -3.26. The molecule has 2 aliphatic rings. The number of hydrogen-bond acceptors (Lipinski definition) is 5. The van der Waals surface area contributed by atoms with Gasteiger partial charge in [0.1, 0.15) is 11.9 Å². The number of nitrogens with one attached hydrogen (secondary N) is 2. The lowest BCUT2D eigenvalue weighted by molar-refractivity contribution is -0.121. The van der Waals surface area contributed by atoms with Crippen LogP contribution >= 0.6 is 0 Å². The highest BCUT2D eigenvalue weighted by Gasteiger charge is 2.30. The van der Waals surface area contributed by atoms with Gasteiger partial charge in [-0.3, -0.25) is 9.59 Å². The molecule has 0 radical (unpaired) electrons. The molecule has 8 heteroatoms. The second kappa shape index (κ2) is 8.61. The van der Waals surface area contributed by atoms with E-state index in [1.807, 2.05) is 36.4 Å². The molecule has 0 fully saturated rings. The van der Waals surface area contributed by atoms with Crippen LogP contribution < -0.4 is 15.4 Å². The van der Waals surface area contributed by atoms with Gasteiger partial charge in [-0.1, -0.05) is 48.5 Å². The summed E-state index contributed by atoms with van der Waals surface area (Å²) in [5.41, 5.74) is 4.26. The molecule has 2 N–H and O–H groups in total. The molecular formula is C26H24N2O5S. The Kier molecular flexibility index (Phi) is 5.61. The lowest BCUT2D eigenvalue weighted by Gasteiger charge is -2.15. The van der Waals surface area contributed by atoms with E-state index in [0.29, 0.717) is 18.5 Å². The van der Waals surface area contributed by atoms with E-state index in [-0.39, 0.29) is 35.3 Å². The van der Waals surface area contributed by atoms with Crippen molar-refractivity contribution in [2.24, 2.45) is 0 Å². The van der Waals surface area contributed by atoms with Crippen LogP contribution in [0, 0.1) is 0 Å². The molecule has 0 unspecified atom stereocenters. The summed E-state index contributed by atoms with van der Waals surface area (Å²) in [6.07, 6.45) is 1.80. The van der Waals surface area contributed by atoms with Crippen molar-refractivity contribution in [2.45, 2.75) is 29.9 Å². The van der Waals surface area contributed by atoms with Crippen LogP contribution in [0.4, 0.5) is 0 Å². The van der Waals surface area contributed by atoms with E-state index in [0.717, 1.165) is 28.0 Å². The fraction of sp³-hybridized carbons (Fsp3) is 0.231. The van der Waals surface area contributed by atoms with Gasteiger partial charge in [0.15, 0.2) is 9.84 Å². The van der Waals surface area contributed by atoms with Crippen molar-refractivity contribution in [3.05, 3.63) is 83.4 Å². The maximum Gasteiger partial charge on any atom is 0.252 e. The molecular weight excluding hydrogens is 452 g/mol. The Balaban J connectivity index is 1.22. The third-order valence-corrected chi connectivity index (χ3v) is 7.35. The first-order chi connectivity index (χ1) is 16.3. The van der Waals surface area contributed by atoms with E-state index in [1.165, 1.54) is 6.26 Å². The third kappa shape index (κ3) is 4.28. The molecule has 5 rings (SSSR count). The number of carbonyl (C=O) groups excluding carboxylic acids is 2. The maximum atomic E-state index is 12.6. The van der Waals surface area contributed by atoms with Crippen LogP contribution in [0.3, 0.4) is 0 Å². The Bertz CT molecular complexity index is 1380. The van der Waals surface area contributed by atoms with E-state index >= 15 is 0 Å². The predicted octanol–water partition coefficient (Wildman–Crippen LogP) is 3.05. The van der Waals surface area contributed by atoms with Gasteiger partial charge in [0.05, 0.1) is 23.9 Å². The molecule has 0 saturated carbocycles. The Morgan fingerprint density at radius 2 is 1.76 bits per heavy atom. The molecule has 2 heterocycles. The van der Waals surface area contributed by atoms with Gasteiger partial charge in [-0.25, -0.2) is 8.42 Å². The molecule has 0 aliphatic carbocycles. The first kappa shape index (κ1) is 22.2. The molecule has 34 heavy (non-hydrogen) atoms. The van der Waals surface area contributed by atoms with Crippen molar-refractivity contribution in [1.82, 2.24) is 10.6 Å². The first-order valence-corrected chi connectivity index (χ1v) is 12.9. The highest BCUT2D eigenvalue weighted by atomic mass is 32.2. The molecule has 7 nitrogen and oxygen atoms in total. The Morgan fingerprint density at radius 1 is 1.03 bits per heavy atom.